The number of thioether (sulfide) groups is 1. The van der Waals surface area contributed by atoms with Crippen LogP contribution in [0.25, 0.3) is 0 Å². The smallest absolute Gasteiger partial charge is 0.230 e. The van der Waals surface area contributed by atoms with E-state index in [1.165, 1.54) is 0 Å². The quantitative estimate of drug-likeness (QED) is 0.707. The maximum atomic E-state index is 11.2. The minimum absolute atomic E-state index is 0.00315. The molecule has 0 radical (unpaired) electrons. The Balaban J connectivity index is 3.54. The molecular formula is C10H21NO2S. The van der Waals surface area contributed by atoms with Crippen LogP contribution in [0.4, 0.5) is 0 Å². The van der Waals surface area contributed by atoms with Crippen molar-refractivity contribution in [2.75, 3.05) is 12.3 Å². The Kier molecular flexibility index (Phi) is 7.01. The zero-order valence-corrected chi connectivity index (χ0v) is 10.2. The summed E-state index contributed by atoms with van der Waals surface area (Å²) in [5.74, 6) is 0.666. The number of amides is 1. The fourth-order valence-corrected chi connectivity index (χ4v) is 1.33. The minimum Gasteiger partial charge on any atom is -0.391 e. The van der Waals surface area contributed by atoms with Gasteiger partial charge in [0.05, 0.1) is 11.9 Å². The maximum absolute atomic E-state index is 11.2. The van der Waals surface area contributed by atoms with Gasteiger partial charge in [-0.2, -0.15) is 0 Å². The van der Waals surface area contributed by atoms with Crippen LogP contribution in [0, 0.1) is 5.92 Å². The summed E-state index contributed by atoms with van der Waals surface area (Å²) in [5, 5.41) is 12.6. The van der Waals surface area contributed by atoms with E-state index in [9.17, 15) is 9.90 Å². The normalized spacial score (nSPS) is 13.4. The van der Waals surface area contributed by atoms with Crippen molar-refractivity contribution < 1.29 is 9.90 Å². The van der Waals surface area contributed by atoms with Crippen molar-refractivity contribution in [3.05, 3.63) is 0 Å². The lowest BCUT2D eigenvalue weighted by Crippen LogP contribution is -2.35. The summed E-state index contributed by atoms with van der Waals surface area (Å²) in [6.07, 6.45) is -0.442. The van der Waals surface area contributed by atoms with Crippen LogP contribution < -0.4 is 5.32 Å². The predicted octanol–water partition coefficient (Wildman–Crippen LogP) is 1.26. The largest absolute Gasteiger partial charge is 0.391 e. The molecule has 1 unspecified atom stereocenters. The van der Waals surface area contributed by atoms with Gasteiger partial charge in [0.1, 0.15) is 0 Å². The number of carbonyl (C=O) groups excluding carboxylic acids is 1. The van der Waals surface area contributed by atoms with E-state index in [2.05, 4.69) is 19.2 Å². The van der Waals surface area contributed by atoms with E-state index in [4.69, 9.17) is 0 Å². The van der Waals surface area contributed by atoms with Crippen molar-refractivity contribution in [3.63, 3.8) is 0 Å². The highest BCUT2D eigenvalue weighted by molar-refractivity contribution is 8.00. The number of carbonyl (C=O) groups is 1. The van der Waals surface area contributed by atoms with E-state index in [1.807, 2.05) is 13.8 Å². The highest BCUT2D eigenvalue weighted by Gasteiger charge is 2.10. The van der Waals surface area contributed by atoms with Gasteiger partial charge in [-0.05, 0) is 11.2 Å². The first-order valence-electron chi connectivity index (χ1n) is 4.99. The van der Waals surface area contributed by atoms with E-state index in [1.54, 1.807) is 11.8 Å². The van der Waals surface area contributed by atoms with Crippen LogP contribution in [0.3, 0.4) is 0 Å². The van der Waals surface area contributed by atoms with Crippen LogP contribution in [-0.2, 0) is 4.79 Å². The molecule has 0 fully saturated rings. The van der Waals surface area contributed by atoms with E-state index in [0.717, 1.165) is 0 Å². The standard InChI is InChI=1S/C10H21NO2S/c1-7(2)9(12)5-11-10(13)6-14-8(3)4/h7-9,12H,5-6H2,1-4H3,(H,11,13). The van der Waals surface area contributed by atoms with Crippen LogP contribution in [-0.4, -0.2) is 34.7 Å². The molecule has 0 aromatic heterocycles. The van der Waals surface area contributed by atoms with Gasteiger partial charge in [0.15, 0.2) is 0 Å². The highest BCUT2D eigenvalue weighted by atomic mass is 32.2. The Morgan fingerprint density at radius 3 is 2.36 bits per heavy atom. The molecule has 1 atom stereocenters. The topological polar surface area (TPSA) is 49.3 Å². The molecule has 84 valence electrons. The first-order chi connectivity index (χ1) is 6.43. The van der Waals surface area contributed by atoms with Crippen LogP contribution in [0.15, 0.2) is 0 Å². The Morgan fingerprint density at radius 1 is 1.36 bits per heavy atom. The van der Waals surface area contributed by atoms with E-state index >= 15 is 0 Å². The van der Waals surface area contributed by atoms with Gasteiger partial charge in [-0.3, -0.25) is 4.79 Å². The summed E-state index contributed by atoms with van der Waals surface area (Å²) in [7, 11) is 0. The van der Waals surface area contributed by atoms with Crippen molar-refractivity contribution in [1.29, 1.82) is 0 Å². The molecule has 0 aromatic carbocycles. The summed E-state index contributed by atoms with van der Waals surface area (Å²) in [4.78, 5) is 11.2. The zero-order valence-electron chi connectivity index (χ0n) is 9.41. The lowest BCUT2D eigenvalue weighted by Gasteiger charge is -2.15. The summed E-state index contributed by atoms with van der Waals surface area (Å²) >= 11 is 1.61. The summed E-state index contributed by atoms with van der Waals surface area (Å²) in [5.41, 5.74) is 0. The first kappa shape index (κ1) is 13.8. The van der Waals surface area contributed by atoms with Gasteiger partial charge in [-0.15, -0.1) is 11.8 Å². The summed E-state index contributed by atoms with van der Waals surface area (Å²) in [6.45, 7) is 8.33. The van der Waals surface area contributed by atoms with Gasteiger partial charge < -0.3 is 10.4 Å². The van der Waals surface area contributed by atoms with E-state index in [0.29, 0.717) is 17.5 Å². The average Bonchev–Trinajstić information content (AvgIpc) is 2.10. The van der Waals surface area contributed by atoms with Crippen molar-refractivity contribution >= 4 is 17.7 Å². The fraction of sp³-hybridized carbons (Fsp3) is 0.900. The van der Waals surface area contributed by atoms with E-state index in [-0.39, 0.29) is 11.8 Å². The Labute approximate surface area is 90.7 Å². The second kappa shape index (κ2) is 7.12. The SMILES string of the molecule is CC(C)SCC(=O)NCC(O)C(C)C. The van der Waals surface area contributed by atoms with Crippen molar-refractivity contribution in [2.24, 2.45) is 5.92 Å². The molecule has 2 N–H and O–H groups in total. The first-order valence-corrected chi connectivity index (χ1v) is 6.04. The van der Waals surface area contributed by atoms with Crippen LogP contribution in [0.1, 0.15) is 27.7 Å². The van der Waals surface area contributed by atoms with Crippen LogP contribution in [0.5, 0.6) is 0 Å². The zero-order chi connectivity index (χ0) is 11.1. The average molecular weight is 219 g/mol. The van der Waals surface area contributed by atoms with Gasteiger partial charge >= 0.3 is 0 Å². The van der Waals surface area contributed by atoms with Gasteiger partial charge in [-0.25, -0.2) is 0 Å². The molecule has 4 heteroatoms. The molecule has 0 aromatic rings. The van der Waals surface area contributed by atoms with Crippen LogP contribution >= 0.6 is 11.8 Å². The minimum atomic E-state index is -0.442. The van der Waals surface area contributed by atoms with Gasteiger partial charge in [0.25, 0.3) is 0 Å². The number of rotatable bonds is 6. The molecule has 0 saturated carbocycles. The molecular weight excluding hydrogens is 198 g/mol. The van der Waals surface area contributed by atoms with E-state index < -0.39 is 6.10 Å². The molecule has 3 nitrogen and oxygen atoms in total. The van der Waals surface area contributed by atoms with Crippen molar-refractivity contribution in [2.45, 2.75) is 39.0 Å². The number of aliphatic hydroxyl groups excluding tert-OH is 1. The number of hydrogen-bond acceptors (Lipinski definition) is 3. The summed E-state index contributed by atoms with van der Waals surface area (Å²) in [6, 6.07) is 0. The van der Waals surface area contributed by atoms with Gasteiger partial charge in [0.2, 0.25) is 5.91 Å². The molecule has 0 aliphatic carbocycles. The Morgan fingerprint density at radius 2 is 1.93 bits per heavy atom. The molecule has 0 heterocycles. The highest BCUT2D eigenvalue weighted by Crippen LogP contribution is 2.07. The Bertz CT molecular complexity index is 172. The van der Waals surface area contributed by atoms with Gasteiger partial charge in [0, 0.05) is 6.54 Å². The summed E-state index contributed by atoms with van der Waals surface area (Å²) < 4.78 is 0. The van der Waals surface area contributed by atoms with Crippen molar-refractivity contribution in [3.8, 4) is 0 Å². The lowest BCUT2D eigenvalue weighted by molar-refractivity contribution is -0.119. The molecule has 0 aliphatic rings. The molecule has 0 aliphatic heterocycles. The molecule has 0 saturated heterocycles. The third-order valence-electron chi connectivity index (χ3n) is 1.83. The van der Waals surface area contributed by atoms with Gasteiger partial charge in [-0.1, -0.05) is 27.7 Å². The second-order valence-corrected chi connectivity index (χ2v) is 5.54. The third kappa shape index (κ3) is 7.21. The number of hydrogen-bond donors (Lipinski definition) is 2. The van der Waals surface area contributed by atoms with Crippen molar-refractivity contribution in [1.82, 2.24) is 5.32 Å². The third-order valence-corrected chi connectivity index (χ3v) is 2.92. The fourth-order valence-electron chi connectivity index (χ4n) is 0.747. The predicted molar refractivity (Wildman–Crippen MR) is 61.4 cm³/mol. The molecule has 1 amide bonds. The Hall–Kier alpha value is -0.220. The molecule has 0 spiro atoms. The molecule has 0 bridgehead atoms. The molecule has 14 heavy (non-hydrogen) atoms. The number of aliphatic hydroxyl groups is 1. The second-order valence-electron chi connectivity index (χ2n) is 3.98. The monoisotopic (exact) mass is 219 g/mol. The van der Waals surface area contributed by atoms with Crippen LogP contribution in [0.2, 0.25) is 0 Å². The number of nitrogens with one attached hydrogen (secondary N) is 1. The lowest BCUT2D eigenvalue weighted by atomic mass is 10.1. The maximum Gasteiger partial charge on any atom is 0.230 e. The molecule has 0 rings (SSSR count).